The number of aliphatic carboxylic acids is 1. The number of hydrogen-bond acceptors (Lipinski definition) is 10. The molecule has 0 aliphatic rings. The summed E-state index contributed by atoms with van der Waals surface area (Å²) in [6.07, 6.45) is 1.65. The minimum absolute atomic E-state index is 0.0116. The van der Waals surface area contributed by atoms with E-state index in [0.29, 0.717) is 5.56 Å². The zero-order valence-electron chi connectivity index (χ0n) is 34.7. The number of nitrogens with two attached hydrogens (primary N) is 1. The molecule has 0 aromatic heterocycles. The number of amides is 9. The van der Waals surface area contributed by atoms with Crippen molar-refractivity contribution in [3.63, 3.8) is 0 Å². The summed E-state index contributed by atoms with van der Waals surface area (Å²) < 4.78 is 0. The fourth-order valence-corrected chi connectivity index (χ4v) is 5.34. The number of carboxylic acid groups (broad SMARTS) is 1. The normalized spacial score (nSPS) is 14.2. The molecular weight excluding hydrogens is 770 g/mol. The van der Waals surface area contributed by atoms with Gasteiger partial charge < -0.3 is 53.4 Å². The monoisotopic (exact) mass is 829 g/mol. The van der Waals surface area contributed by atoms with Crippen LogP contribution >= 0.6 is 0 Å². The maximum Gasteiger partial charge on any atom is 0.326 e. The molecular formula is C39H59N9O11. The molecule has 326 valence electrons. The van der Waals surface area contributed by atoms with Crippen LogP contribution in [0.2, 0.25) is 0 Å². The quantitative estimate of drug-likeness (QED) is 0.0503. The SMILES string of the molecule is CC(=O)NC[C@H](NC(=O)/C=C/C(=O)N[C@@H](C)C(=O)NCC(=O)N[C@@H](Cc1ccccc1)C(=O)O)C(=O)N[C@@H](CC(C)C)C(=O)N[C@H](C(=O)N[C@H](C(N)=O)C(C)C)C(C)C. The summed E-state index contributed by atoms with van der Waals surface area (Å²) in [5.41, 5.74) is 6.11. The lowest BCUT2D eigenvalue weighted by Crippen LogP contribution is -2.60. The maximum absolute atomic E-state index is 13.5. The molecule has 1 rings (SSSR count). The molecule has 0 spiro atoms. The van der Waals surface area contributed by atoms with Crippen LogP contribution in [0.15, 0.2) is 42.5 Å². The lowest BCUT2D eigenvalue weighted by atomic mass is 9.98. The maximum atomic E-state index is 13.5. The number of carbonyl (C=O) groups excluding carboxylic acids is 9. The lowest BCUT2D eigenvalue weighted by Gasteiger charge is -2.29. The molecule has 9 amide bonds. The van der Waals surface area contributed by atoms with E-state index in [4.69, 9.17) is 5.73 Å². The van der Waals surface area contributed by atoms with Gasteiger partial charge in [0.05, 0.1) is 6.54 Å². The van der Waals surface area contributed by atoms with Crippen molar-refractivity contribution in [1.82, 2.24) is 42.5 Å². The second-order valence-corrected chi connectivity index (χ2v) is 15.0. The van der Waals surface area contributed by atoms with Crippen molar-refractivity contribution in [2.75, 3.05) is 13.1 Å². The van der Waals surface area contributed by atoms with Gasteiger partial charge >= 0.3 is 5.97 Å². The Morgan fingerprint density at radius 2 is 1.17 bits per heavy atom. The molecule has 20 nitrogen and oxygen atoms in total. The van der Waals surface area contributed by atoms with E-state index >= 15 is 0 Å². The molecule has 59 heavy (non-hydrogen) atoms. The van der Waals surface area contributed by atoms with Crippen LogP contribution in [0, 0.1) is 17.8 Å². The Hall–Kier alpha value is -6.34. The van der Waals surface area contributed by atoms with Gasteiger partial charge in [0.1, 0.15) is 36.3 Å². The van der Waals surface area contributed by atoms with Gasteiger partial charge in [-0.05, 0) is 36.7 Å². The van der Waals surface area contributed by atoms with Gasteiger partial charge in [0.2, 0.25) is 53.2 Å². The largest absolute Gasteiger partial charge is 0.480 e. The first-order valence-corrected chi connectivity index (χ1v) is 19.1. The summed E-state index contributed by atoms with van der Waals surface area (Å²) >= 11 is 0. The smallest absolute Gasteiger partial charge is 0.326 e. The third-order valence-corrected chi connectivity index (χ3v) is 8.52. The molecule has 0 heterocycles. The zero-order chi connectivity index (χ0) is 45.0. The van der Waals surface area contributed by atoms with Gasteiger partial charge in [0, 0.05) is 32.0 Å². The van der Waals surface area contributed by atoms with Crippen molar-refractivity contribution in [3.8, 4) is 0 Å². The number of carboxylic acids is 1. The van der Waals surface area contributed by atoms with Crippen molar-refractivity contribution < 1.29 is 53.1 Å². The topological polar surface area (TPSA) is 313 Å². The predicted molar refractivity (Wildman–Crippen MR) is 214 cm³/mol. The molecule has 11 N–H and O–H groups in total. The van der Waals surface area contributed by atoms with Crippen LogP contribution in [-0.2, 0) is 54.4 Å². The van der Waals surface area contributed by atoms with Crippen molar-refractivity contribution in [1.29, 1.82) is 0 Å². The van der Waals surface area contributed by atoms with Gasteiger partial charge in [-0.1, -0.05) is 71.9 Å². The second kappa shape index (κ2) is 25.1. The van der Waals surface area contributed by atoms with E-state index in [1.54, 1.807) is 71.9 Å². The van der Waals surface area contributed by atoms with E-state index in [2.05, 4.69) is 42.5 Å². The van der Waals surface area contributed by atoms with Crippen LogP contribution in [0.1, 0.15) is 67.4 Å². The van der Waals surface area contributed by atoms with Crippen molar-refractivity contribution in [3.05, 3.63) is 48.0 Å². The van der Waals surface area contributed by atoms with Gasteiger partial charge in [0.25, 0.3) is 0 Å². The van der Waals surface area contributed by atoms with Gasteiger partial charge in [-0.15, -0.1) is 0 Å². The molecule has 0 radical (unpaired) electrons. The standard InChI is InChI=1S/C39H59N9O11/c1-20(2)16-26(36(55)48-33(22(5)6)38(57)47-32(21(3)4)34(40)53)46-37(56)28(18-41-24(8)49)45-30(51)15-14-29(50)43-23(7)35(54)42-19-31(52)44-27(39(58)59)17-25-12-10-9-11-13-25/h9-15,20-23,26-28,32-33H,16-19H2,1-8H3,(H2,40,53)(H,41,49)(H,42,54)(H,43,50)(H,44,52)(H,45,51)(H,46,56)(H,47,57)(H,48,55)(H,58,59)/b15-14+/t23-,26-,27-,28-,32-,33-/m0/s1. The Balaban J connectivity index is 2.93. The average Bonchev–Trinajstić information content (AvgIpc) is 3.14. The number of nitrogens with one attached hydrogen (secondary N) is 8. The van der Waals surface area contributed by atoms with Gasteiger partial charge in [0.15, 0.2) is 0 Å². The molecule has 0 aliphatic carbocycles. The summed E-state index contributed by atoms with van der Waals surface area (Å²) in [5.74, 6) is -9.18. The molecule has 0 saturated heterocycles. The predicted octanol–water partition coefficient (Wildman–Crippen LogP) is -2.11. The van der Waals surface area contributed by atoms with Gasteiger partial charge in [-0.25, -0.2) is 4.79 Å². The Morgan fingerprint density at radius 3 is 1.68 bits per heavy atom. The van der Waals surface area contributed by atoms with Crippen LogP contribution < -0.4 is 48.3 Å². The highest BCUT2D eigenvalue weighted by Gasteiger charge is 2.33. The second-order valence-electron chi connectivity index (χ2n) is 15.0. The zero-order valence-corrected chi connectivity index (χ0v) is 34.7. The van der Waals surface area contributed by atoms with Crippen LogP contribution in [0.3, 0.4) is 0 Å². The Kier molecular flexibility index (Phi) is 21.6. The fourth-order valence-electron chi connectivity index (χ4n) is 5.34. The van der Waals surface area contributed by atoms with E-state index in [1.807, 2.05) is 0 Å². The summed E-state index contributed by atoms with van der Waals surface area (Å²) in [5, 5.41) is 28.9. The highest BCUT2D eigenvalue weighted by molar-refractivity contribution is 6.01. The number of carbonyl (C=O) groups is 10. The molecule has 20 heteroatoms. The summed E-state index contributed by atoms with van der Waals surface area (Å²) in [7, 11) is 0. The van der Waals surface area contributed by atoms with Gasteiger partial charge in [-0.3, -0.25) is 43.2 Å². The highest BCUT2D eigenvalue weighted by Crippen LogP contribution is 2.10. The van der Waals surface area contributed by atoms with Crippen LogP contribution in [-0.4, -0.2) is 114 Å². The molecule has 0 saturated carbocycles. The molecule has 1 aromatic carbocycles. The van der Waals surface area contributed by atoms with Crippen LogP contribution in [0.5, 0.6) is 0 Å². The van der Waals surface area contributed by atoms with Gasteiger partial charge in [-0.2, -0.15) is 0 Å². The highest BCUT2D eigenvalue weighted by atomic mass is 16.4. The third kappa shape index (κ3) is 19.6. The summed E-state index contributed by atoms with van der Waals surface area (Å²) in [6.45, 7) is 11.8. The van der Waals surface area contributed by atoms with Crippen molar-refractivity contribution in [2.24, 2.45) is 23.5 Å². The van der Waals surface area contributed by atoms with Crippen molar-refractivity contribution in [2.45, 2.75) is 104 Å². The van der Waals surface area contributed by atoms with E-state index in [9.17, 15) is 53.1 Å². The van der Waals surface area contributed by atoms with E-state index < -0.39 is 114 Å². The molecule has 0 fully saturated rings. The number of primary amides is 1. The fraction of sp³-hybridized carbons (Fsp3) is 0.538. The third-order valence-electron chi connectivity index (χ3n) is 8.52. The number of hydrogen-bond donors (Lipinski definition) is 10. The molecule has 0 unspecified atom stereocenters. The lowest BCUT2D eigenvalue weighted by molar-refractivity contribution is -0.141. The van der Waals surface area contributed by atoms with E-state index in [1.165, 1.54) is 13.8 Å². The van der Waals surface area contributed by atoms with Crippen LogP contribution in [0.4, 0.5) is 0 Å². The molecule has 6 atom stereocenters. The molecule has 1 aromatic rings. The molecule has 0 aliphatic heterocycles. The minimum Gasteiger partial charge on any atom is -0.480 e. The van der Waals surface area contributed by atoms with Crippen molar-refractivity contribution >= 4 is 59.1 Å². The van der Waals surface area contributed by atoms with E-state index in [0.717, 1.165) is 12.2 Å². The Labute approximate surface area is 343 Å². The Bertz CT molecular complexity index is 1700. The molecule has 0 bridgehead atoms. The minimum atomic E-state index is -1.45. The number of rotatable bonds is 24. The summed E-state index contributed by atoms with van der Waals surface area (Å²) in [4.78, 5) is 126. The average molecular weight is 830 g/mol. The first-order valence-electron chi connectivity index (χ1n) is 19.1. The van der Waals surface area contributed by atoms with E-state index in [-0.39, 0.29) is 24.7 Å². The summed E-state index contributed by atoms with van der Waals surface area (Å²) in [6, 6.07) is 1.38. The first kappa shape index (κ1) is 50.7. The Morgan fingerprint density at radius 1 is 0.627 bits per heavy atom. The van der Waals surface area contributed by atoms with Crippen LogP contribution in [0.25, 0.3) is 0 Å². The number of benzene rings is 1. The first-order chi connectivity index (χ1) is 27.5.